The van der Waals surface area contributed by atoms with E-state index >= 15 is 0 Å². The van der Waals surface area contributed by atoms with E-state index in [9.17, 15) is 14.7 Å². The normalized spacial score (nSPS) is 19.4. The van der Waals surface area contributed by atoms with E-state index in [0.29, 0.717) is 23.6 Å². The van der Waals surface area contributed by atoms with Crippen LogP contribution in [0.2, 0.25) is 0 Å². The van der Waals surface area contributed by atoms with Crippen LogP contribution in [0, 0.1) is 0 Å². The molecule has 1 unspecified atom stereocenters. The maximum Gasteiger partial charge on any atom is 0.300 e. The Balaban J connectivity index is 1.70. The van der Waals surface area contributed by atoms with Crippen LogP contribution in [0.5, 0.6) is 11.5 Å². The van der Waals surface area contributed by atoms with Gasteiger partial charge in [0, 0.05) is 16.9 Å². The van der Waals surface area contributed by atoms with Crippen LogP contribution in [0.3, 0.4) is 0 Å². The fraction of sp³-hybridized carbons (Fsp3) is 0.167. The third-order valence-corrected chi connectivity index (χ3v) is 6.49. The number of nitrogens with zero attached hydrogens (tertiary/aromatic N) is 1. The molecule has 2 aliphatic rings. The van der Waals surface area contributed by atoms with Crippen molar-refractivity contribution in [2.45, 2.75) is 12.5 Å². The predicted octanol–water partition coefficient (Wildman–Crippen LogP) is 4.32. The summed E-state index contributed by atoms with van der Waals surface area (Å²) in [4.78, 5) is 28.5. The van der Waals surface area contributed by atoms with Crippen LogP contribution >= 0.6 is 11.3 Å². The second-order valence-electron chi connectivity index (χ2n) is 7.28. The summed E-state index contributed by atoms with van der Waals surface area (Å²) in [5, 5.41) is 13.1. The fourth-order valence-electron chi connectivity index (χ4n) is 4.12. The number of anilines is 1. The summed E-state index contributed by atoms with van der Waals surface area (Å²) in [5.41, 5.74) is 2.00. The fourth-order valence-corrected chi connectivity index (χ4v) is 4.94. The number of ketones is 1. The molecule has 3 aromatic rings. The van der Waals surface area contributed by atoms with Crippen LogP contribution in [0.25, 0.3) is 5.76 Å². The summed E-state index contributed by atoms with van der Waals surface area (Å²) in [6, 6.07) is 15.3. The summed E-state index contributed by atoms with van der Waals surface area (Å²) >= 11 is 1.42. The van der Waals surface area contributed by atoms with E-state index in [-0.39, 0.29) is 11.3 Å². The molecule has 1 N–H and O–H groups in total. The van der Waals surface area contributed by atoms with Crippen LogP contribution in [-0.4, -0.2) is 30.5 Å². The summed E-state index contributed by atoms with van der Waals surface area (Å²) < 4.78 is 11.0. The zero-order chi connectivity index (χ0) is 21.5. The van der Waals surface area contributed by atoms with Gasteiger partial charge in [-0.1, -0.05) is 18.2 Å². The number of aliphatic hydroxyl groups excluding tert-OH is 1. The smallest absolute Gasteiger partial charge is 0.300 e. The first-order valence-corrected chi connectivity index (χ1v) is 10.7. The minimum absolute atomic E-state index is 0.0669. The van der Waals surface area contributed by atoms with E-state index in [1.165, 1.54) is 23.3 Å². The molecule has 1 amide bonds. The highest BCUT2D eigenvalue weighted by atomic mass is 32.1. The predicted molar refractivity (Wildman–Crippen MR) is 118 cm³/mol. The number of para-hydroxylation sites is 2. The summed E-state index contributed by atoms with van der Waals surface area (Å²) in [6.07, 6.45) is 0.736. The monoisotopic (exact) mass is 433 g/mol. The van der Waals surface area contributed by atoms with Crippen molar-refractivity contribution >= 4 is 34.5 Å². The van der Waals surface area contributed by atoms with Gasteiger partial charge in [0.25, 0.3) is 11.7 Å². The van der Waals surface area contributed by atoms with Crippen molar-refractivity contribution in [3.05, 3.63) is 81.6 Å². The van der Waals surface area contributed by atoms with Gasteiger partial charge in [-0.15, -0.1) is 11.3 Å². The quantitative estimate of drug-likeness (QED) is 0.377. The highest BCUT2D eigenvalue weighted by Gasteiger charge is 2.48. The van der Waals surface area contributed by atoms with E-state index < -0.39 is 17.7 Å². The molecule has 0 aliphatic carbocycles. The molecule has 6 nitrogen and oxygen atoms in total. The first kappa shape index (κ1) is 19.4. The van der Waals surface area contributed by atoms with Crippen molar-refractivity contribution < 1.29 is 24.2 Å². The van der Waals surface area contributed by atoms with Gasteiger partial charge in [-0.05, 0) is 47.3 Å². The third kappa shape index (κ3) is 3.09. The molecule has 3 heterocycles. The molecule has 0 bridgehead atoms. The molecule has 1 atom stereocenters. The lowest BCUT2D eigenvalue weighted by Gasteiger charge is -2.25. The maximum atomic E-state index is 13.2. The molecule has 0 spiro atoms. The lowest BCUT2D eigenvalue weighted by Crippen LogP contribution is -2.29. The van der Waals surface area contributed by atoms with Crippen molar-refractivity contribution in [2.75, 3.05) is 18.6 Å². The molecule has 2 aliphatic heterocycles. The van der Waals surface area contributed by atoms with E-state index in [1.807, 2.05) is 23.6 Å². The first-order valence-electron chi connectivity index (χ1n) is 9.83. The molecule has 31 heavy (non-hydrogen) atoms. The van der Waals surface area contributed by atoms with Crippen LogP contribution < -0.4 is 14.4 Å². The SMILES string of the molecule is COc1ccccc1N1C(=O)C(=O)/C(=C(\O)c2ccc3c(c2)CCO3)C1c1cccs1. The summed E-state index contributed by atoms with van der Waals surface area (Å²) in [5.74, 6) is -0.363. The lowest BCUT2D eigenvalue weighted by molar-refractivity contribution is -0.132. The number of hydrogen-bond acceptors (Lipinski definition) is 6. The minimum Gasteiger partial charge on any atom is -0.507 e. The summed E-state index contributed by atoms with van der Waals surface area (Å²) in [7, 11) is 1.52. The minimum atomic E-state index is -0.749. The molecule has 0 radical (unpaired) electrons. The van der Waals surface area contributed by atoms with Gasteiger partial charge in [0.1, 0.15) is 23.3 Å². The second-order valence-corrected chi connectivity index (χ2v) is 8.26. The van der Waals surface area contributed by atoms with Crippen LogP contribution in [-0.2, 0) is 16.0 Å². The van der Waals surface area contributed by atoms with E-state index in [1.54, 1.807) is 36.4 Å². The molecular formula is C24H19NO5S. The Hall–Kier alpha value is -3.58. The van der Waals surface area contributed by atoms with Crippen LogP contribution in [0.4, 0.5) is 5.69 Å². The Bertz CT molecular complexity index is 1210. The van der Waals surface area contributed by atoms with Crippen molar-refractivity contribution in [1.82, 2.24) is 0 Å². The van der Waals surface area contributed by atoms with Gasteiger partial charge < -0.3 is 14.6 Å². The molecule has 7 heteroatoms. The number of hydrogen-bond donors (Lipinski definition) is 1. The zero-order valence-corrected chi connectivity index (χ0v) is 17.5. The average Bonchev–Trinajstić information content (AvgIpc) is 3.53. The topological polar surface area (TPSA) is 76.1 Å². The molecular weight excluding hydrogens is 414 g/mol. The van der Waals surface area contributed by atoms with Gasteiger partial charge in [0.2, 0.25) is 0 Å². The largest absolute Gasteiger partial charge is 0.507 e. The summed E-state index contributed by atoms with van der Waals surface area (Å²) in [6.45, 7) is 0.590. The standard InChI is InChI=1S/C24H19NO5S/c1-29-18-6-3-2-5-16(18)25-21(19-7-4-12-31-19)20(23(27)24(25)28)22(26)15-8-9-17-14(13-15)10-11-30-17/h2-9,12-13,21,26H,10-11H2,1H3/b22-20-. The number of ether oxygens (including phenoxy) is 2. The number of methoxy groups -OCH3 is 1. The van der Waals surface area contributed by atoms with Gasteiger partial charge in [-0.25, -0.2) is 0 Å². The van der Waals surface area contributed by atoms with E-state index in [4.69, 9.17) is 9.47 Å². The number of carbonyl (C=O) groups is 2. The van der Waals surface area contributed by atoms with Gasteiger partial charge in [0.15, 0.2) is 0 Å². The van der Waals surface area contributed by atoms with Gasteiger partial charge >= 0.3 is 0 Å². The average molecular weight is 433 g/mol. The van der Waals surface area contributed by atoms with Crippen LogP contribution in [0.1, 0.15) is 22.0 Å². The second kappa shape index (κ2) is 7.59. The number of amides is 1. The zero-order valence-electron chi connectivity index (χ0n) is 16.7. The van der Waals surface area contributed by atoms with Crippen molar-refractivity contribution in [3.63, 3.8) is 0 Å². The number of benzene rings is 2. The molecule has 1 aromatic heterocycles. The number of aliphatic hydroxyl groups is 1. The van der Waals surface area contributed by atoms with Crippen molar-refractivity contribution in [1.29, 1.82) is 0 Å². The maximum absolute atomic E-state index is 13.2. The lowest BCUT2D eigenvalue weighted by atomic mass is 9.98. The number of Topliss-reactive ketones (excluding diaryl/α,β-unsaturated/α-hetero) is 1. The highest BCUT2D eigenvalue weighted by molar-refractivity contribution is 7.10. The van der Waals surface area contributed by atoms with Crippen molar-refractivity contribution in [3.8, 4) is 11.5 Å². The Morgan fingerprint density at radius 1 is 1.16 bits per heavy atom. The van der Waals surface area contributed by atoms with Crippen molar-refractivity contribution in [2.24, 2.45) is 0 Å². The number of carbonyl (C=O) groups excluding carboxylic acids is 2. The van der Waals surface area contributed by atoms with E-state index in [2.05, 4.69) is 0 Å². The first-order chi connectivity index (χ1) is 15.1. The molecule has 1 saturated heterocycles. The Labute approximate surface area is 183 Å². The number of thiophene rings is 1. The Morgan fingerprint density at radius 3 is 2.77 bits per heavy atom. The molecule has 0 saturated carbocycles. The third-order valence-electron chi connectivity index (χ3n) is 5.56. The van der Waals surface area contributed by atoms with Gasteiger partial charge in [0.05, 0.1) is 25.0 Å². The van der Waals surface area contributed by atoms with E-state index in [0.717, 1.165) is 22.6 Å². The Kier molecular flexibility index (Phi) is 4.75. The molecule has 2 aromatic carbocycles. The molecule has 156 valence electrons. The highest BCUT2D eigenvalue weighted by Crippen LogP contribution is 2.46. The Morgan fingerprint density at radius 2 is 2.00 bits per heavy atom. The number of rotatable bonds is 4. The molecule has 1 fully saturated rings. The van der Waals surface area contributed by atoms with Crippen LogP contribution in [0.15, 0.2) is 65.6 Å². The van der Waals surface area contributed by atoms with Gasteiger partial charge in [-0.2, -0.15) is 0 Å². The molecule has 5 rings (SSSR count). The number of fused-ring (bicyclic) bond motifs is 1. The van der Waals surface area contributed by atoms with Gasteiger partial charge in [-0.3, -0.25) is 14.5 Å².